The number of amides is 2. The van der Waals surface area contributed by atoms with Crippen molar-refractivity contribution < 1.29 is 42.2 Å². The molecular formula is C41H56F2N4O8. The molecule has 3 aliphatic rings. The van der Waals surface area contributed by atoms with E-state index in [2.05, 4.69) is 17.4 Å². The number of carbonyl (C=O) groups excluding carboxylic acids is 3. The number of oxime groups is 1. The number of nitrogens with one attached hydrogen (secondary N) is 1. The van der Waals surface area contributed by atoms with E-state index in [0.29, 0.717) is 31.2 Å². The summed E-state index contributed by atoms with van der Waals surface area (Å²) in [5.74, 6) is -3.43. The van der Waals surface area contributed by atoms with Gasteiger partial charge in [-0.2, -0.15) is 0 Å². The van der Waals surface area contributed by atoms with Gasteiger partial charge in [0.2, 0.25) is 17.1 Å². The normalized spacial score (nSPS) is 20.1. The predicted octanol–water partition coefficient (Wildman–Crippen LogP) is 8.35. The van der Waals surface area contributed by atoms with Gasteiger partial charge in [-0.05, 0) is 32.3 Å². The second-order valence-corrected chi connectivity index (χ2v) is 15.1. The Bertz CT molecular complexity index is 1750. The van der Waals surface area contributed by atoms with E-state index in [1.54, 1.807) is 4.90 Å². The van der Waals surface area contributed by atoms with Crippen molar-refractivity contribution >= 4 is 23.9 Å². The Morgan fingerprint density at radius 1 is 0.982 bits per heavy atom. The van der Waals surface area contributed by atoms with E-state index in [1.165, 1.54) is 88.1 Å². The molecule has 0 saturated carbocycles. The minimum absolute atomic E-state index is 0.0116. The lowest BCUT2D eigenvalue weighted by molar-refractivity contribution is -0.0655. The Hall–Kier alpha value is -4.49. The van der Waals surface area contributed by atoms with Crippen LogP contribution in [0.4, 0.5) is 13.6 Å². The Kier molecular flexibility index (Phi) is 15.1. The molecule has 2 bridgehead atoms. The van der Waals surface area contributed by atoms with Gasteiger partial charge in [0.15, 0.2) is 11.3 Å². The summed E-state index contributed by atoms with van der Waals surface area (Å²) < 4.78 is 45.6. The molecule has 0 aliphatic carbocycles. The highest BCUT2D eigenvalue weighted by Gasteiger charge is 2.55. The van der Waals surface area contributed by atoms with E-state index < -0.39 is 58.0 Å². The number of benzene rings is 1. The molecule has 1 aromatic heterocycles. The first-order valence-electron chi connectivity index (χ1n) is 20.0. The summed E-state index contributed by atoms with van der Waals surface area (Å²) in [4.78, 5) is 62.5. The molecule has 12 nitrogen and oxygen atoms in total. The fraction of sp³-hybridized carbons (Fsp3) is 0.634. The lowest BCUT2D eigenvalue weighted by Gasteiger charge is -2.41. The van der Waals surface area contributed by atoms with E-state index in [-0.39, 0.29) is 43.4 Å². The molecule has 1 fully saturated rings. The molecule has 14 heteroatoms. The third-order valence-electron chi connectivity index (χ3n) is 11.1. The van der Waals surface area contributed by atoms with E-state index in [1.807, 2.05) is 6.92 Å². The summed E-state index contributed by atoms with van der Waals surface area (Å²) in [7, 11) is 1.48. The van der Waals surface area contributed by atoms with Crippen LogP contribution in [-0.4, -0.2) is 65.2 Å². The summed E-state index contributed by atoms with van der Waals surface area (Å²) in [5.41, 5.74) is -2.72. The van der Waals surface area contributed by atoms with Crippen LogP contribution in [0, 0.1) is 11.6 Å². The molecule has 1 spiro atoms. The van der Waals surface area contributed by atoms with Gasteiger partial charge in [0.1, 0.15) is 17.2 Å². The van der Waals surface area contributed by atoms with Gasteiger partial charge in [0.05, 0.1) is 26.2 Å². The molecule has 5 rings (SSSR count). The molecule has 2 aromatic rings. The molecule has 3 aliphatic heterocycles. The number of rotatable bonds is 19. The molecule has 1 N–H and O–H groups in total. The number of pyridine rings is 1. The van der Waals surface area contributed by atoms with E-state index in [4.69, 9.17) is 19.0 Å². The molecular weight excluding hydrogens is 714 g/mol. The largest absolute Gasteiger partial charge is 0.514 e. The summed E-state index contributed by atoms with van der Waals surface area (Å²) in [6.07, 6.45) is 17.8. The van der Waals surface area contributed by atoms with Crippen LogP contribution in [0.2, 0.25) is 0 Å². The van der Waals surface area contributed by atoms with Crippen LogP contribution in [0.15, 0.2) is 34.3 Å². The van der Waals surface area contributed by atoms with Crippen molar-refractivity contribution in [2.45, 2.75) is 147 Å². The van der Waals surface area contributed by atoms with Crippen LogP contribution in [0.1, 0.15) is 155 Å². The second-order valence-electron chi connectivity index (χ2n) is 15.1. The fourth-order valence-corrected chi connectivity index (χ4v) is 7.77. The standard InChI is InChI=1S/C41H56F2N4O8/c1-4-5-6-7-8-9-10-11-12-13-14-15-16-17-22-53-40(51)54-37-35-39(50)46-27-33(41(21-20-28(46)2)24-34(52-3)45-55-41)47(35)26-31(36(37)48)38(49)44-25-29-18-19-30(42)23-32(29)43/h18-19,23,26,28,33H,4-17,20-22,24-25,27H2,1-3H3,(H,44,49)/t28-,33+,41-/m0/s1. The smallest absolute Gasteiger partial charge is 0.482 e. The minimum Gasteiger partial charge on any atom is -0.482 e. The van der Waals surface area contributed by atoms with E-state index in [9.17, 15) is 28.0 Å². The monoisotopic (exact) mass is 770 g/mol. The third kappa shape index (κ3) is 10.4. The first-order valence-corrected chi connectivity index (χ1v) is 20.0. The first-order chi connectivity index (χ1) is 26.6. The summed E-state index contributed by atoms with van der Waals surface area (Å²) in [6.45, 7) is 3.97. The zero-order valence-electron chi connectivity index (χ0n) is 32.5. The summed E-state index contributed by atoms with van der Waals surface area (Å²) in [6, 6.07) is 1.99. The van der Waals surface area contributed by atoms with Crippen LogP contribution in [0.3, 0.4) is 0 Å². The lowest BCUT2D eigenvalue weighted by atomic mass is 9.85. The number of halogens is 2. The van der Waals surface area contributed by atoms with Crippen molar-refractivity contribution in [3.8, 4) is 5.75 Å². The molecule has 1 aromatic carbocycles. The van der Waals surface area contributed by atoms with Crippen LogP contribution < -0.4 is 15.5 Å². The number of methoxy groups -OCH3 is 1. The summed E-state index contributed by atoms with van der Waals surface area (Å²) in [5, 5.41) is 6.62. The second kappa shape index (κ2) is 19.9. The van der Waals surface area contributed by atoms with Crippen LogP contribution in [-0.2, 0) is 20.9 Å². The van der Waals surface area contributed by atoms with Gasteiger partial charge >= 0.3 is 6.16 Å². The fourth-order valence-electron chi connectivity index (χ4n) is 7.77. The molecule has 3 atom stereocenters. The number of hydrogen-bond donors (Lipinski definition) is 1. The Morgan fingerprint density at radius 3 is 2.25 bits per heavy atom. The number of fused-ring (bicyclic) bond motifs is 5. The van der Waals surface area contributed by atoms with Crippen molar-refractivity contribution in [1.82, 2.24) is 14.8 Å². The Labute approximate surface area is 321 Å². The SMILES string of the molecule is CCCCCCCCCCCCCCCCOC(=O)Oc1c2n(cc(C(=O)NCc3ccc(F)cc3F)c1=O)[C@@H]1CN(C2=O)[C@@H](C)CC[C@]12CC(OC)=NO2. The van der Waals surface area contributed by atoms with Gasteiger partial charge in [0, 0.05) is 37.0 Å². The maximum atomic E-state index is 14.4. The number of unbranched alkanes of at least 4 members (excludes halogenated alkanes) is 13. The number of nitrogens with zero attached hydrogens (tertiary/aromatic N) is 3. The molecule has 1 saturated heterocycles. The van der Waals surface area contributed by atoms with Crippen LogP contribution in [0.25, 0.3) is 0 Å². The van der Waals surface area contributed by atoms with Gasteiger partial charge in [-0.3, -0.25) is 14.4 Å². The molecule has 302 valence electrons. The predicted molar refractivity (Wildman–Crippen MR) is 202 cm³/mol. The van der Waals surface area contributed by atoms with Crippen LogP contribution >= 0.6 is 0 Å². The average molecular weight is 771 g/mol. The zero-order chi connectivity index (χ0) is 39.4. The van der Waals surface area contributed by atoms with E-state index >= 15 is 0 Å². The quantitative estimate of drug-likeness (QED) is 0.111. The van der Waals surface area contributed by atoms with Gasteiger partial charge in [-0.25, -0.2) is 13.6 Å². The zero-order valence-corrected chi connectivity index (χ0v) is 32.5. The first kappa shape index (κ1) is 41.7. The maximum absolute atomic E-state index is 14.4. The number of hydrogen-bond acceptors (Lipinski definition) is 9. The summed E-state index contributed by atoms with van der Waals surface area (Å²) >= 11 is 0. The molecule has 55 heavy (non-hydrogen) atoms. The van der Waals surface area contributed by atoms with Gasteiger partial charge in [-0.15, -0.1) is 0 Å². The Balaban J connectivity index is 1.26. The number of carbonyl (C=O) groups is 3. The highest BCUT2D eigenvalue weighted by molar-refractivity contribution is 6.00. The van der Waals surface area contributed by atoms with Crippen molar-refractivity contribution in [1.29, 1.82) is 0 Å². The van der Waals surface area contributed by atoms with E-state index in [0.717, 1.165) is 25.3 Å². The van der Waals surface area contributed by atoms with Gasteiger partial charge < -0.3 is 33.8 Å². The minimum atomic E-state index is -1.18. The Morgan fingerprint density at radius 2 is 1.64 bits per heavy atom. The van der Waals surface area contributed by atoms with Crippen molar-refractivity contribution in [2.75, 3.05) is 20.3 Å². The highest BCUT2D eigenvalue weighted by Crippen LogP contribution is 2.46. The van der Waals surface area contributed by atoms with Crippen molar-refractivity contribution in [3.05, 3.63) is 63.1 Å². The van der Waals surface area contributed by atoms with Crippen molar-refractivity contribution in [2.24, 2.45) is 5.16 Å². The highest BCUT2D eigenvalue weighted by atomic mass is 19.1. The topological polar surface area (TPSA) is 138 Å². The van der Waals surface area contributed by atoms with Crippen molar-refractivity contribution in [3.63, 3.8) is 0 Å². The maximum Gasteiger partial charge on any atom is 0.514 e. The number of aromatic nitrogens is 1. The lowest BCUT2D eigenvalue weighted by Crippen LogP contribution is -2.52. The molecule has 0 radical (unpaired) electrons. The number of ether oxygens (including phenoxy) is 3. The molecule has 0 unspecified atom stereocenters. The molecule has 4 heterocycles. The third-order valence-corrected chi connectivity index (χ3v) is 11.1. The van der Waals surface area contributed by atoms with Gasteiger partial charge in [0.25, 0.3) is 11.8 Å². The molecule has 2 amide bonds. The van der Waals surface area contributed by atoms with Crippen LogP contribution in [0.5, 0.6) is 5.75 Å². The van der Waals surface area contributed by atoms with Gasteiger partial charge in [-0.1, -0.05) is 102 Å². The average Bonchev–Trinajstić information content (AvgIpc) is 3.55.